The van der Waals surface area contributed by atoms with Gasteiger partial charge in [0.25, 0.3) is 0 Å². The van der Waals surface area contributed by atoms with Crippen LogP contribution in [0, 0.1) is 0 Å². The maximum Gasteiger partial charge on any atom is 0.118 e. The molecule has 0 fully saturated rings. The van der Waals surface area contributed by atoms with Crippen LogP contribution in [0.15, 0.2) is 24.3 Å². The number of ether oxygens (including phenoxy) is 1. The van der Waals surface area contributed by atoms with E-state index in [-0.39, 0.29) is 6.10 Å². The normalized spacial score (nSPS) is 12.5. The van der Waals surface area contributed by atoms with Gasteiger partial charge >= 0.3 is 0 Å². The molecule has 0 aliphatic rings. The highest BCUT2D eigenvalue weighted by molar-refractivity contribution is 5.27. The lowest BCUT2D eigenvalue weighted by Gasteiger charge is -2.05. The highest BCUT2D eigenvalue weighted by Gasteiger charge is 1.97. The zero-order chi connectivity index (χ0) is 9.68. The fraction of sp³-hybridized carbons (Fsp3) is 0.455. The monoisotopic (exact) mass is 180 g/mol. The second kappa shape index (κ2) is 4.87. The SMILES string of the molecule is COc1ccc(CC[C@H](C)O)cc1. The molecule has 1 aromatic rings. The van der Waals surface area contributed by atoms with Crippen LogP contribution in [0.4, 0.5) is 0 Å². The van der Waals surface area contributed by atoms with Crippen LogP contribution in [-0.2, 0) is 6.42 Å². The van der Waals surface area contributed by atoms with Crippen LogP contribution in [-0.4, -0.2) is 18.3 Å². The first-order valence-corrected chi connectivity index (χ1v) is 4.53. The summed E-state index contributed by atoms with van der Waals surface area (Å²) in [5, 5.41) is 9.09. The second-order valence-electron chi connectivity index (χ2n) is 3.24. The van der Waals surface area contributed by atoms with Crippen LogP contribution >= 0.6 is 0 Å². The number of hydrogen-bond donors (Lipinski definition) is 1. The van der Waals surface area contributed by atoms with Gasteiger partial charge in [-0.2, -0.15) is 0 Å². The van der Waals surface area contributed by atoms with Crippen molar-refractivity contribution in [1.29, 1.82) is 0 Å². The second-order valence-corrected chi connectivity index (χ2v) is 3.24. The van der Waals surface area contributed by atoms with Crippen molar-refractivity contribution in [3.8, 4) is 5.75 Å². The summed E-state index contributed by atoms with van der Waals surface area (Å²) in [5.74, 6) is 0.876. The van der Waals surface area contributed by atoms with E-state index in [1.807, 2.05) is 31.2 Å². The van der Waals surface area contributed by atoms with Crippen molar-refractivity contribution >= 4 is 0 Å². The molecular weight excluding hydrogens is 164 g/mol. The lowest BCUT2D eigenvalue weighted by Crippen LogP contribution is -2.01. The van der Waals surface area contributed by atoms with Gasteiger partial charge in [0.2, 0.25) is 0 Å². The van der Waals surface area contributed by atoms with Gasteiger partial charge in [-0.3, -0.25) is 0 Å². The van der Waals surface area contributed by atoms with Crippen molar-refractivity contribution in [2.45, 2.75) is 25.9 Å². The van der Waals surface area contributed by atoms with Crippen LogP contribution in [0.3, 0.4) is 0 Å². The van der Waals surface area contributed by atoms with E-state index in [1.54, 1.807) is 7.11 Å². The number of rotatable bonds is 4. The van der Waals surface area contributed by atoms with E-state index >= 15 is 0 Å². The van der Waals surface area contributed by atoms with E-state index in [0.29, 0.717) is 0 Å². The average Bonchev–Trinajstić information content (AvgIpc) is 2.15. The zero-order valence-electron chi connectivity index (χ0n) is 8.16. The number of aliphatic hydroxyl groups excluding tert-OH is 1. The smallest absolute Gasteiger partial charge is 0.118 e. The Kier molecular flexibility index (Phi) is 3.77. The van der Waals surface area contributed by atoms with Gasteiger partial charge < -0.3 is 9.84 Å². The molecule has 1 rings (SSSR count). The van der Waals surface area contributed by atoms with E-state index in [9.17, 15) is 0 Å². The van der Waals surface area contributed by atoms with E-state index in [2.05, 4.69) is 0 Å². The standard InChI is InChI=1S/C11H16O2/c1-9(12)3-4-10-5-7-11(13-2)8-6-10/h5-9,12H,3-4H2,1-2H3/t9-/m0/s1. The van der Waals surface area contributed by atoms with E-state index in [4.69, 9.17) is 9.84 Å². The molecule has 0 radical (unpaired) electrons. The summed E-state index contributed by atoms with van der Waals surface area (Å²) in [7, 11) is 1.66. The van der Waals surface area contributed by atoms with Gasteiger partial charge in [0.15, 0.2) is 0 Å². The molecule has 0 unspecified atom stereocenters. The Morgan fingerprint density at radius 2 is 1.92 bits per heavy atom. The van der Waals surface area contributed by atoms with Crippen LogP contribution in [0.5, 0.6) is 5.75 Å². The van der Waals surface area contributed by atoms with Crippen LogP contribution in [0.1, 0.15) is 18.9 Å². The Morgan fingerprint density at radius 3 is 2.38 bits per heavy atom. The molecular formula is C11H16O2. The topological polar surface area (TPSA) is 29.5 Å². The van der Waals surface area contributed by atoms with Crippen molar-refractivity contribution in [3.05, 3.63) is 29.8 Å². The predicted molar refractivity (Wildman–Crippen MR) is 53.0 cm³/mol. The molecule has 72 valence electrons. The fourth-order valence-corrected chi connectivity index (χ4v) is 1.17. The molecule has 0 bridgehead atoms. The molecule has 0 saturated carbocycles. The first kappa shape index (κ1) is 10.1. The molecule has 0 saturated heterocycles. The van der Waals surface area contributed by atoms with Gasteiger partial charge in [0.05, 0.1) is 13.2 Å². The fourth-order valence-electron chi connectivity index (χ4n) is 1.17. The number of hydrogen-bond acceptors (Lipinski definition) is 2. The Morgan fingerprint density at radius 1 is 1.31 bits per heavy atom. The lowest BCUT2D eigenvalue weighted by atomic mass is 10.1. The van der Waals surface area contributed by atoms with E-state index in [0.717, 1.165) is 18.6 Å². The summed E-state index contributed by atoms with van der Waals surface area (Å²) in [6.07, 6.45) is 1.51. The molecule has 1 N–H and O–H groups in total. The third-order valence-corrected chi connectivity index (χ3v) is 2.01. The Bertz CT molecular complexity index is 239. The molecule has 13 heavy (non-hydrogen) atoms. The van der Waals surface area contributed by atoms with Gasteiger partial charge in [-0.1, -0.05) is 12.1 Å². The third-order valence-electron chi connectivity index (χ3n) is 2.01. The molecule has 2 heteroatoms. The van der Waals surface area contributed by atoms with Crippen molar-refractivity contribution in [3.63, 3.8) is 0 Å². The van der Waals surface area contributed by atoms with Crippen molar-refractivity contribution in [2.24, 2.45) is 0 Å². The summed E-state index contributed by atoms with van der Waals surface area (Å²) in [4.78, 5) is 0. The minimum atomic E-state index is -0.220. The number of aliphatic hydroxyl groups is 1. The van der Waals surface area contributed by atoms with Gasteiger partial charge in [-0.15, -0.1) is 0 Å². The first-order valence-electron chi connectivity index (χ1n) is 4.53. The molecule has 0 heterocycles. The largest absolute Gasteiger partial charge is 0.497 e. The minimum absolute atomic E-state index is 0.220. The molecule has 0 aromatic heterocycles. The van der Waals surface area contributed by atoms with Crippen molar-refractivity contribution in [2.75, 3.05) is 7.11 Å². The van der Waals surface area contributed by atoms with Crippen LogP contribution < -0.4 is 4.74 Å². The summed E-state index contributed by atoms with van der Waals surface area (Å²) < 4.78 is 5.05. The maximum absolute atomic E-state index is 9.09. The Hall–Kier alpha value is -1.02. The number of methoxy groups -OCH3 is 1. The summed E-state index contributed by atoms with van der Waals surface area (Å²) in [6, 6.07) is 7.94. The molecule has 2 nitrogen and oxygen atoms in total. The van der Waals surface area contributed by atoms with Gasteiger partial charge in [-0.05, 0) is 37.5 Å². The highest BCUT2D eigenvalue weighted by Crippen LogP contribution is 2.12. The third kappa shape index (κ3) is 3.47. The van der Waals surface area contributed by atoms with Crippen LogP contribution in [0.2, 0.25) is 0 Å². The predicted octanol–water partition coefficient (Wildman–Crippen LogP) is 2.01. The maximum atomic E-state index is 9.09. The lowest BCUT2D eigenvalue weighted by molar-refractivity contribution is 0.185. The average molecular weight is 180 g/mol. The van der Waals surface area contributed by atoms with Crippen molar-refractivity contribution < 1.29 is 9.84 Å². The molecule has 1 aromatic carbocycles. The number of aryl methyl sites for hydroxylation is 1. The zero-order valence-corrected chi connectivity index (χ0v) is 8.16. The minimum Gasteiger partial charge on any atom is -0.497 e. The van der Waals surface area contributed by atoms with Gasteiger partial charge in [0.1, 0.15) is 5.75 Å². The first-order chi connectivity index (χ1) is 6.22. The molecule has 0 aliphatic heterocycles. The Balaban J connectivity index is 2.49. The summed E-state index contributed by atoms with van der Waals surface area (Å²) in [5.41, 5.74) is 1.24. The summed E-state index contributed by atoms with van der Waals surface area (Å²) >= 11 is 0. The van der Waals surface area contributed by atoms with Gasteiger partial charge in [-0.25, -0.2) is 0 Å². The van der Waals surface area contributed by atoms with Crippen LogP contribution in [0.25, 0.3) is 0 Å². The molecule has 0 amide bonds. The molecule has 1 atom stereocenters. The molecule has 0 spiro atoms. The summed E-state index contributed by atoms with van der Waals surface area (Å²) in [6.45, 7) is 1.81. The van der Waals surface area contributed by atoms with Crippen molar-refractivity contribution in [1.82, 2.24) is 0 Å². The van der Waals surface area contributed by atoms with E-state index < -0.39 is 0 Å². The highest BCUT2D eigenvalue weighted by atomic mass is 16.5. The van der Waals surface area contributed by atoms with Gasteiger partial charge in [0, 0.05) is 0 Å². The Labute approximate surface area is 79.2 Å². The molecule has 0 aliphatic carbocycles. The van der Waals surface area contributed by atoms with E-state index in [1.165, 1.54) is 5.56 Å². The quantitative estimate of drug-likeness (QED) is 0.768. The number of benzene rings is 1.